The minimum Gasteiger partial charge on any atom is -0.508 e. The van der Waals surface area contributed by atoms with Crippen LogP contribution in [-0.4, -0.2) is 23.3 Å². The molecule has 4 nitrogen and oxygen atoms in total. The molecular formula is C19H22F3NO3. The average Bonchev–Trinajstić information content (AvgIpc) is 2.60. The number of phenols is 1. The summed E-state index contributed by atoms with van der Waals surface area (Å²) in [5, 5.41) is 9.73. The molecule has 0 aliphatic heterocycles. The van der Waals surface area contributed by atoms with Crippen molar-refractivity contribution in [3.8, 4) is 17.4 Å². The van der Waals surface area contributed by atoms with Crippen molar-refractivity contribution in [2.45, 2.75) is 39.3 Å². The summed E-state index contributed by atoms with van der Waals surface area (Å²) in [6, 6.07) is 5.53. The van der Waals surface area contributed by atoms with Crippen molar-refractivity contribution in [2.75, 3.05) is 13.2 Å². The molecule has 2 rings (SSSR count). The minimum atomic E-state index is -4.40. The van der Waals surface area contributed by atoms with Crippen molar-refractivity contribution < 1.29 is 27.8 Å². The highest BCUT2D eigenvalue weighted by Crippen LogP contribution is 2.30. The Kier molecular flexibility index (Phi) is 6.71. The predicted octanol–water partition coefficient (Wildman–Crippen LogP) is 4.91. The number of nitrogens with zero attached hydrogens (tertiary/aromatic N) is 1. The average molecular weight is 369 g/mol. The van der Waals surface area contributed by atoms with E-state index in [2.05, 4.69) is 4.98 Å². The van der Waals surface area contributed by atoms with Gasteiger partial charge in [-0.3, -0.25) is 0 Å². The second-order valence-electron chi connectivity index (χ2n) is 5.83. The highest BCUT2D eigenvalue weighted by atomic mass is 19.4. The molecule has 1 heterocycles. The molecule has 0 bridgehead atoms. The number of halogens is 3. The molecule has 0 atom stereocenters. The normalized spacial score (nSPS) is 11.4. The zero-order valence-corrected chi connectivity index (χ0v) is 14.8. The molecule has 0 radical (unpaired) electrons. The molecule has 0 unspecified atom stereocenters. The molecule has 0 aliphatic carbocycles. The lowest BCUT2D eigenvalue weighted by Crippen LogP contribution is -2.07. The molecule has 0 fully saturated rings. The molecule has 2 aromatic rings. The fourth-order valence-electron chi connectivity index (χ4n) is 2.49. The molecule has 0 spiro atoms. The fraction of sp³-hybridized carbons (Fsp3) is 0.421. The number of ether oxygens (including phenoxy) is 2. The van der Waals surface area contributed by atoms with Crippen LogP contribution in [0.2, 0.25) is 0 Å². The van der Waals surface area contributed by atoms with Gasteiger partial charge in [-0.1, -0.05) is 6.92 Å². The molecule has 1 N–H and O–H groups in total. The molecular weight excluding hydrogens is 347 g/mol. The van der Waals surface area contributed by atoms with E-state index in [0.717, 1.165) is 42.0 Å². The van der Waals surface area contributed by atoms with Crippen molar-refractivity contribution >= 4 is 0 Å². The van der Waals surface area contributed by atoms with E-state index < -0.39 is 11.7 Å². The van der Waals surface area contributed by atoms with Gasteiger partial charge in [0.2, 0.25) is 5.88 Å². The Bertz CT molecular complexity index is 715. The lowest BCUT2D eigenvalue weighted by atomic mass is 10.0. The maximum atomic E-state index is 12.4. The van der Waals surface area contributed by atoms with E-state index >= 15 is 0 Å². The van der Waals surface area contributed by atoms with Crippen molar-refractivity contribution in [1.29, 1.82) is 0 Å². The Labute approximate surface area is 150 Å². The number of hydrogen-bond acceptors (Lipinski definition) is 4. The smallest absolute Gasteiger partial charge is 0.417 e. The van der Waals surface area contributed by atoms with Crippen LogP contribution < -0.4 is 9.47 Å². The Balaban J connectivity index is 1.72. The van der Waals surface area contributed by atoms with Crippen molar-refractivity contribution in [1.82, 2.24) is 4.98 Å². The van der Waals surface area contributed by atoms with Crippen LogP contribution in [0.1, 0.15) is 36.5 Å². The Morgan fingerprint density at radius 1 is 1.04 bits per heavy atom. The molecule has 0 amide bonds. The third-order valence-corrected chi connectivity index (χ3v) is 3.99. The number of pyridine rings is 1. The van der Waals surface area contributed by atoms with Crippen LogP contribution in [0.4, 0.5) is 13.2 Å². The summed E-state index contributed by atoms with van der Waals surface area (Å²) in [7, 11) is 0. The number of alkyl halides is 3. The monoisotopic (exact) mass is 369 g/mol. The van der Waals surface area contributed by atoms with Crippen molar-refractivity contribution in [3.05, 3.63) is 47.2 Å². The van der Waals surface area contributed by atoms with Gasteiger partial charge in [0.15, 0.2) is 0 Å². The number of hydrogen-bond donors (Lipinski definition) is 1. The third kappa shape index (κ3) is 5.28. The van der Waals surface area contributed by atoms with Crippen LogP contribution >= 0.6 is 0 Å². The number of phenolic OH excluding ortho intramolecular Hbond substituents is 1. The van der Waals surface area contributed by atoms with Gasteiger partial charge in [0.05, 0.1) is 18.8 Å². The van der Waals surface area contributed by atoms with Crippen LogP contribution in [0.3, 0.4) is 0 Å². The van der Waals surface area contributed by atoms with E-state index in [-0.39, 0.29) is 11.6 Å². The Morgan fingerprint density at radius 3 is 2.31 bits per heavy atom. The first kappa shape index (κ1) is 19.9. The van der Waals surface area contributed by atoms with Crippen LogP contribution in [0.25, 0.3) is 0 Å². The lowest BCUT2D eigenvalue weighted by molar-refractivity contribution is -0.137. The maximum Gasteiger partial charge on any atom is 0.417 e. The zero-order valence-electron chi connectivity index (χ0n) is 14.8. The third-order valence-electron chi connectivity index (χ3n) is 3.99. The van der Waals surface area contributed by atoms with Crippen LogP contribution in [0, 0.1) is 6.92 Å². The van der Waals surface area contributed by atoms with Crippen LogP contribution in [-0.2, 0) is 12.6 Å². The first-order chi connectivity index (χ1) is 12.3. The van der Waals surface area contributed by atoms with Crippen molar-refractivity contribution in [3.63, 3.8) is 0 Å². The number of aromatic nitrogens is 1. The highest BCUT2D eigenvalue weighted by molar-refractivity contribution is 5.47. The first-order valence-corrected chi connectivity index (χ1v) is 8.43. The predicted molar refractivity (Wildman–Crippen MR) is 91.7 cm³/mol. The minimum absolute atomic E-state index is 0.168. The van der Waals surface area contributed by atoms with Gasteiger partial charge in [-0.15, -0.1) is 0 Å². The first-order valence-electron chi connectivity index (χ1n) is 8.43. The van der Waals surface area contributed by atoms with Gasteiger partial charge in [0.1, 0.15) is 11.5 Å². The van der Waals surface area contributed by atoms with Gasteiger partial charge in [0, 0.05) is 17.8 Å². The summed E-state index contributed by atoms with van der Waals surface area (Å²) in [5.74, 6) is 1.18. The summed E-state index contributed by atoms with van der Waals surface area (Å²) in [5.41, 5.74) is 1.01. The van der Waals surface area contributed by atoms with E-state index in [1.165, 1.54) is 6.07 Å². The second-order valence-corrected chi connectivity index (χ2v) is 5.83. The molecule has 0 saturated carbocycles. The molecule has 0 saturated heterocycles. The Hall–Kier alpha value is -2.44. The maximum absolute atomic E-state index is 12.4. The van der Waals surface area contributed by atoms with Crippen molar-refractivity contribution in [2.24, 2.45) is 0 Å². The van der Waals surface area contributed by atoms with E-state index in [1.54, 1.807) is 12.1 Å². The summed E-state index contributed by atoms with van der Waals surface area (Å²) < 4.78 is 48.4. The van der Waals surface area contributed by atoms with E-state index in [1.807, 2.05) is 13.8 Å². The van der Waals surface area contributed by atoms with Gasteiger partial charge < -0.3 is 14.6 Å². The van der Waals surface area contributed by atoms with Gasteiger partial charge in [-0.05, 0) is 49.9 Å². The quantitative estimate of drug-likeness (QED) is 0.672. The number of benzene rings is 1. The molecule has 1 aromatic carbocycles. The summed E-state index contributed by atoms with van der Waals surface area (Å²) in [4.78, 5) is 3.65. The summed E-state index contributed by atoms with van der Waals surface area (Å²) in [6.45, 7) is 4.68. The fourth-order valence-corrected chi connectivity index (χ4v) is 2.49. The SMILES string of the molecule is CCc1c(OCCCCOc2ccc(C(F)(F)F)cn2)ccc(O)c1C. The van der Waals surface area contributed by atoms with Gasteiger partial charge >= 0.3 is 6.18 Å². The molecule has 7 heteroatoms. The highest BCUT2D eigenvalue weighted by Gasteiger charge is 2.30. The Morgan fingerprint density at radius 2 is 1.73 bits per heavy atom. The lowest BCUT2D eigenvalue weighted by Gasteiger charge is -2.14. The number of aromatic hydroxyl groups is 1. The number of unbranched alkanes of at least 4 members (excludes halogenated alkanes) is 1. The van der Waals surface area contributed by atoms with E-state index in [9.17, 15) is 18.3 Å². The van der Waals surface area contributed by atoms with Gasteiger partial charge in [-0.25, -0.2) is 4.98 Å². The van der Waals surface area contributed by atoms with E-state index in [4.69, 9.17) is 9.47 Å². The zero-order chi connectivity index (χ0) is 19.2. The molecule has 142 valence electrons. The summed E-state index contributed by atoms with van der Waals surface area (Å²) in [6.07, 6.45) is -1.46. The van der Waals surface area contributed by atoms with E-state index in [0.29, 0.717) is 19.6 Å². The second kappa shape index (κ2) is 8.78. The van der Waals surface area contributed by atoms with Gasteiger partial charge in [0.25, 0.3) is 0 Å². The van der Waals surface area contributed by atoms with Gasteiger partial charge in [-0.2, -0.15) is 13.2 Å². The van der Waals surface area contributed by atoms with Crippen LogP contribution in [0.5, 0.6) is 17.4 Å². The topological polar surface area (TPSA) is 51.6 Å². The standard InChI is InChI=1S/C19H22F3NO3/c1-3-15-13(2)16(24)7-8-17(15)25-10-4-5-11-26-18-9-6-14(12-23-18)19(20,21)22/h6-9,12,24H,3-5,10-11H2,1-2H3. The molecule has 0 aliphatic rings. The molecule has 1 aromatic heterocycles. The summed E-state index contributed by atoms with van der Waals surface area (Å²) >= 11 is 0. The largest absolute Gasteiger partial charge is 0.508 e. The van der Waals surface area contributed by atoms with Crippen LogP contribution in [0.15, 0.2) is 30.5 Å². The molecule has 26 heavy (non-hydrogen) atoms. The number of rotatable bonds is 8.